The van der Waals surface area contributed by atoms with Gasteiger partial charge in [-0.25, -0.2) is 0 Å². The minimum Gasteiger partial charge on any atom is -0.0876 e. The van der Waals surface area contributed by atoms with E-state index in [1.807, 2.05) is 0 Å². The van der Waals surface area contributed by atoms with E-state index in [1.165, 1.54) is 24.8 Å². The maximum atomic E-state index is 2.41. The molecule has 0 amide bonds. The van der Waals surface area contributed by atoms with Crippen LogP contribution < -0.4 is 0 Å². The van der Waals surface area contributed by atoms with Crippen molar-refractivity contribution in [1.29, 1.82) is 0 Å². The summed E-state index contributed by atoms with van der Waals surface area (Å²) in [5.41, 5.74) is 1.53. The highest BCUT2D eigenvalue weighted by atomic mass is 14.2. The molecule has 0 N–H and O–H groups in total. The van der Waals surface area contributed by atoms with Crippen LogP contribution in [0.2, 0.25) is 0 Å². The van der Waals surface area contributed by atoms with Crippen LogP contribution in [-0.4, -0.2) is 0 Å². The molecule has 0 aromatic heterocycles. The Hall–Kier alpha value is -1.04. The molecule has 2 atom stereocenters. The van der Waals surface area contributed by atoms with Crippen molar-refractivity contribution in [3.63, 3.8) is 0 Å². The van der Waals surface area contributed by atoms with Gasteiger partial charge in [-0.15, -0.1) is 0 Å². The summed E-state index contributed by atoms with van der Waals surface area (Å²) >= 11 is 0. The Labute approximate surface area is 93.1 Å². The molecule has 0 radical (unpaired) electrons. The van der Waals surface area contributed by atoms with Crippen molar-refractivity contribution in [2.75, 3.05) is 0 Å². The largest absolute Gasteiger partial charge is 0.0876 e. The fraction of sp³-hybridized carbons (Fsp3) is 0.467. The molecule has 80 valence electrons. The van der Waals surface area contributed by atoms with E-state index in [2.05, 4.69) is 49.5 Å². The summed E-state index contributed by atoms with van der Waals surface area (Å²) < 4.78 is 0. The minimum atomic E-state index is 0.667. The van der Waals surface area contributed by atoms with Gasteiger partial charge in [0, 0.05) is 0 Å². The van der Waals surface area contributed by atoms with Crippen LogP contribution in [0.3, 0.4) is 0 Å². The molecule has 0 fully saturated rings. The van der Waals surface area contributed by atoms with Crippen molar-refractivity contribution in [2.24, 2.45) is 11.8 Å². The lowest BCUT2D eigenvalue weighted by Gasteiger charge is -2.22. The van der Waals surface area contributed by atoms with Gasteiger partial charge in [-0.1, -0.05) is 49.5 Å². The van der Waals surface area contributed by atoms with Crippen molar-refractivity contribution >= 4 is 0 Å². The quantitative estimate of drug-likeness (QED) is 0.579. The summed E-state index contributed by atoms with van der Waals surface area (Å²) in [5, 5.41) is 0. The molecular weight excluding hydrogens is 180 g/mol. The molecule has 2 aliphatic carbocycles. The number of allylic oxidation sites excluding steroid dienone is 8. The van der Waals surface area contributed by atoms with Gasteiger partial charge < -0.3 is 0 Å². The molecule has 2 aliphatic rings. The second kappa shape index (κ2) is 5.16. The molecule has 0 heterocycles. The second-order valence-corrected chi connectivity index (χ2v) is 4.51. The lowest BCUT2D eigenvalue weighted by Crippen LogP contribution is -2.11. The summed E-state index contributed by atoms with van der Waals surface area (Å²) in [7, 11) is 0. The Morgan fingerprint density at radius 3 is 2.87 bits per heavy atom. The third-order valence-electron chi connectivity index (χ3n) is 3.42. The van der Waals surface area contributed by atoms with Crippen LogP contribution in [0.1, 0.15) is 32.6 Å². The van der Waals surface area contributed by atoms with Crippen LogP contribution in [0.4, 0.5) is 0 Å². The van der Waals surface area contributed by atoms with E-state index < -0.39 is 0 Å². The zero-order valence-corrected chi connectivity index (χ0v) is 9.52. The van der Waals surface area contributed by atoms with Crippen molar-refractivity contribution < 1.29 is 0 Å². The Morgan fingerprint density at radius 1 is 1.13 bits per heavy atom. The van der Waals surface area contributed by atoms with Crippen molar-refractivity contribution in [1.82, 2.24) is 0 Å². The molecule has 0 nitrogen and oxygen atoms in total. The molecule has 0 aromatic rings. The van der Waals surface area contributed by atoms with Gasteiger partial charge in [-0.05, 0) is 43.1 Å². The second-order valence-electron chi connectivity index (χ2n) is 4.51. The van der Waals surface area contributed by atoms with Crippen molar-refractivity contribution in [2.45, 2.75) is 32.6 Å². The molecular formula is C15H20. The number of hydrogen-bond acceptors (Lipinski definition) is 0. The van der Waals surface area contributed by atoms with E-state index in [1.54, 1.807) is 0 Å². The molecule has 2 unspecified atom stereocenters. The summed E-state index contributed by atoms with van der Waals surface area (Å²) in [4.78, 5) is 0. The predicted octanol–water partition coefficient (Wildman–Crippen LogP) is 4.42. The smallest absolute Gasteiger partial charge is 0.0128 e. The topological polar surface area (TPSA) is 0 Å². The summed E-state index contributed by atoms with van der Waals surface area (Å²) in [6.45, 7) is 2.36. The molecule has 2 rings (SSSR count). The summed E-state index contributed by atoms with van der Waals surface area (Å²) in [6, 6.07) is 0. The molecule has 0 heteroatoms. The summed E-state index contributed by atoms with van der Waals surface area (Å²) in [6.07, 6.45) is 21.1. The normalized spacial score (nSPS) is 27.3. The van der Waals surface area contributed by atoms with Crippen molar-refractivity contribution in [3.8, 4) is 0 Å². The van der Waals surface area contributed by atoms with Gasteiger partial charge >= 0.3 is 0 Å². The Morgan fingerprint density at radius 2 is 2.07 bits per heavy atom. The lowest BCUT2D eigenvalue weighted by atomic mass is 9.83. The Kier molecular flexibility index (Phi) is 3.60. The average molecular weight is 200 g/mol. The van der Waals surface area contributed by atoms with Crippen LogP contribution in [0.15, 0.2) is 48.1 Å². The van der Waals surface area contributed by atoms with E-state index >= 15 is 0 Å². The maximum Gasteiger partial charge on any atom is -0.0128 e. The molecule has 0 aliphatic heterocycles. The number of hydrogen-bond donors (Lipinski definition) is 0. The Bertz CT molecular complexity index is 315. The molecule has 0 spiro atoms. The average Bonchev–Trinajstić information content (AvgIpc) is 2.58. The van der Waals surface area contributed by atoms with Crippen molar-refractivity contribution in [3.05, 3.63) is 48.1 Å². The van der Waals surface area contributed by atoms with Crippen LogP contribution in [-0.2, 0) is 0 Å². The molecule has 0 aromatic carbocycles. The third-order valence-corrected chi connectivity index (χ3v) is 3.42. The fourth-order valence-corrected chi connectivity index (χ4v) is 2.35. The van der Waals surface area contributed by atoms with Gasteiger partial charge in [-0.2, -0.15) is 0 Å². The first-order chi connectivity index (χ1) is 7.38. The van der Waals surface area contributed by atoms with Gasteiger partial charge in [0.2, 0.25) is 0 Å². The van der Waals surface area contributed by atoms with E-state index in [-0.39, 0.29) is 0 Å². The van der Waals surface area contributed by atoms with E-state index in [0.29, 0.717) is 11.8 Å². The van der Waals surface area contributed by atoms with Crippen LogP contribution in [0.5, 0.6) is 0 Å². The van der Waals surface area contributed by atoms with Crippen LogP contribution in [0.25, 0.3) is 0 Å². The standard InChI is InChI=1S/C15H20/c1-13(15-11-7-4-8-12-15)14-9-5-2-3-6-10-14/h2,5-7,10-14H,3-4,8-9H2,1H3. The monoisotopic (exact) mass is 200 g/mol. The highest BCUT2D eigenvalue weighted by Crippen LogP contribution is 2.29. The van der Waals surface area contributed by atoms with E-state index in [0.717, 1.165) is 6.42 Å². The maximum absolute atomic E-state index is 2.41. The molecule has 0 saturated heterocycles. The van der Waals surface area contributed by atoms with Gasteiger partial charge in [0.15, 0.2) is 0 Å². The fourth-order valence-electron chi connectivity index (χ4n) is 2.35. The SMILES string of the molecule is CC(C1=CCCC=C1)C1C=CCC=CC1. The van der Waals surface area contributed by atoms with E-state index in [9.17, 15) is 0 Å². The lowest BCUT2D eigenvalue weighted by molar-refractivity contribution is 0.499. The minimum absolute atomic E-state index is 0.667. The van der Waals surface area contributed by atoms with Crippen LogP contribution in [0, 0.1) is 11.8 Å². The zero-order valence-electron chi connectivity index (χ0n) is 9.52. The van der Waals surface area contributed by atoms with Gasteiger partial charge in [0.25, 0.3) is 0 Å². The van der Waals surface area contributed by atoms with Gasteiger partial charge in [-0.3, -0.25) is 0 Å². The predicted molar refractivity (Wildman–Crippen MR) is 66.6 cm³/mol. The highest BCUT2D eigenvalue weighted by Gasteiger charge is 2.17. The van der Waals surface area contributed by atoms with Crippen LogP contribution >= 0.6 is 0 Å². The first kappa shape index (κ1) is 10.5. The Balaban J connectivity index is 2.05. The summed E-state index contributed by atoms with van der Waals surface area (Å²) in [5.74, 6) is 1.36. The highest BCUT2D eigenvalue weighted by molar-refractivity contribution is 5.26. The third kappa shape index (κ3) is 2.71. The first-order valence-corrected chi connectivity index (χ1v) is 6.06. The zero-order chi connectivity index (χ0) is 10.5. The number of rotatable bonds is 2. The van der Waals surface area contributed by atoms with Gasteiger partial charge in [0.1, 0.15) is 0 Å². The first-order valence-electron chi connectivity index (χ1n) is 6.06. The molecule has 15 heavy (non-hydrogen) atoms. The molecule has 0 saturated carbocycles. The van der Waals surface area contributed by atoms with E-state index in [4.69, 9.17) is 0 Å². The van der Waals surface area contributed by atoms with Gasteiger partial charge in [0.05, 0.1) is 0 Å². The molecule has 0 bridgehead atoms.